The van der Waals surface area contributed by atoms with Gasteiger partial charge in [0.25, 0.3) is 0 Å². The maximum absolute atomic E-state index is 13.3. The highest BCUT2D eigenvalue weighted by molar-refractivity contribution is 5.86. The average molecular weight is 312 g/mol. The second-order valence-electron chi connectivity index (χ2n) is 5.98. The number of nitrogens with zero attached hydrogens (tertiary/aromatic N) is 2. The Labute approximate surface area is 136 Å². The summed E-state index contributed by atoms with van der Waals surface area (Å²) in [5, 5.41) is 0. The van der Waals surface area contributed by atoms with E-state index < -0.39 is 5.92 Å². The summed E-state index contributed by atoms with van der Waals surface area (Å²) in [4.78, 5) is 19.4. The molecule has 3 nitrogen and oxygen atoms in total. The zero-order valence-electron chi connectivity index (χ0n) is 13.1. The lowest BCUT2D eigenvalue weighted by atomic mass is 9.93. The Bertz CT molecular complexity index is 634. The van der Waals surface area contributed by atoms with E-state index in [1.165, 1.54) is 25.0 Å². The number of rotatable bonds is 3. The normalized spacial score (nSPS) is 16.7. The summed E-state index contributed by atoms with van der Waals surface area (Å²) >= 11 is 0. The van der Waals surface area contributed by atoms with Crippen LogP contribution in [0.5, 0.6) is 0 Å². The van der Waals surface area contributed by atoms with E-state index in [2.05, 4.69) is 4.98 Å². The van der Waals surface area contributed by atoms with E-state index in [1.807, 2.05) is 23.1 Å². The van der Waals surface area contributed by atoms with Crippen molar-refractivity contribution >= 4 is 5.91 Å². The standard InChI is InChI=1S/C19H21FN2O/c20-16-10-8-15(9-11-16)18(17-7-3-4-12-21-17)19(23)22-13-5-1-2-6-14-22/h3-4,7-12,18H,1-2,5-6,13-14H2. The number of aromatic nitrogens is 1. The third kappa shape index (κ3) is 3.76. The molecule has 1 amide bonds. The second kappa shape index (κ2) is 7.36. The van der Waals surface area contributed by atoms with Gasteiger partial charge >= 0.3 is 0 Å². The van der Waals surface area contributed by atoms with Gasteiger partial charge in [-0.3, -0.25) is 9.78 Å². The number of carbonyl (C=O) groups is 1. The molecule has 1 aliphatic heterocycles. The number of halogens is 1. The number of carbonyl (C=O) groups excluding carboxylic acids is 1. The van der Waals surface area contributed by atoms with Crippen LogP contribution in [-0.2, 0) is 4.79 Å². The van der Waals surface area contributed by atoms with Crippen LogP contribution in [0.2, 0.25) is 0 Å². The Kier molecular flexibility index (Phi) is 5.01. The Morgan fingerprint density at radius 1 is 1.00 bits per heavy atom. The quantitative estimate of drug-likeness (QED) is 0.864. The molecule has 3 rings (SSSR count). The van der Waals surface area contributed by atoms with Gasteiger partial charge in [0.2, 0.25) is 5.91 Å². The van der Waals surface area contributed by atoms with Crippen molar-refractivity contribution in [3.63, 3.8) is 0 Å². The van der Waals surface area contributed by atoms with E-state index in [4.69, 9.17) is 0 Å². The first kappa shape index (κ1) is 15.7. The third-order valence-electron chi connectivity index (χ3n) is 4.35. The molecule has 0 radical (unpaired) electrons. The first-order chi connectivity index (χ1) is 11.3. The van der Waals surface area contributed by atoms with Crippen molar-refractivity contribution < 1.29 is 9.18 Å². The van der Waals surface area contributed by atoms with E-state index in [1.54, 1.807) is 18.3 Å². The average Bonchev–Trinajstić information content (AvgIpc) is 2.87. The van der Waals surface area contributed by atoms with E-state index in [9.17, 15) is 9.18 Å². The summed E-state index contributed by atoms with van der Waals surface area (Å²) in [7, 11) is 0. The molecule has 2 heterocycles. The van der Waals surface area contributed by atoms with Crippen LogP contribution in [0.3, 0.4) is 0 Å². The van der Waals surface area contributed by atoms with Crippen LogP contribution in [-0.4, -0.2) is 28.9 Å². The number of pyridine rings is 1. The first-order valence-electron chi connectivity index (χ1n) is 8.21. The molecule has 0 saturated carbocycles. The van der Waals surface area contributed by atoms with Gasteiger partial charge in [-0.15, -0.1) is 0 Å². The number of benzene rings is 1. The minimum Gasteiger partial charge on any atom is -0.342 e. The molecule has 0 N–H and O–H groups in total. The largest absolute Gasteiger partial charge is 0.342 e. The van der Waals surface area contributed by atoms with Gasteiger partial charge in [-0.2, -0.15) is 0 Å². The number of hydrogen-bond acceptors (Lipinski definition) is 2. The predicted molar refractivity (Wildman–Crippen MR) is 87.5 cm³/mol. The van der Waals surface area contributed by atoms with E-state index >= 15 is 0 Å². The SMILES string of the molecule is O=C(C(c1ccc(F)cc1)c1ccccn1)N1CCCCCC1. The monoisotopic (exact) mass is 312 g/mol. The van der Waals surface area contributed by atoms with Crippen molar-refractivity contribution in [1.29, 1.82) is 0 Å². The summed E-state index contributed by atoms with van der Waals surface area (Å²) in [6, 6.07) is 11.8. The third-order valence-corrected chi connectivity index (χ3v) is 4.35. The fourth-order valence-corrected chi connectivity index (χ4v) is 3.12. The van der Waals surface area contributed by atoms with Gasteiger partial charge in [0.15, 0.2) is 0 Å². The summed E-state index contributed by atoms with van der Waals surface area (Å²) in [6.07, 6.45) is 6.14. The fourth-order valence-electron chi connectivity index (χ4n) is 3.12. The van der Waals surface area contributed by atoms with Crippen molar-refractivity contribution in [3.8, 4) is 0 Å². The summed E-state index contributed by atoms with van der Waals surface area (Å²) in [5.74, 6) is -0.692. The molecule has 1 aliphatic rings. The Morgan fingerprint density at radius 2 is 1.70 bits per heavy atom. The molecule has 2 aromatic rings. The molecule has 1 aromatic heterocycles. The topological polar surface area (TPSA) is 33.2 Å². The predicted octanol–water partition coefficient (Wildman–Crippen LogP) is 3.76. The van der Waals surface area contributed by atoms with Gasteiger partial charge < -0.3 is 4.90 Å². The smallest absolute Gasteiger partial charge is 0.236 e. The van der Waals surface area contributed by atoms with Gasteiger partial charge in [-0.05, 0) is 42.7 Å². The van der Waals surface area contributed by atoms with Crippen molar-refractivity contribution in [2.45, 2.75) is 31.6 Å². The first-order valence-corrected chi connectivity index (χ1v) is 8.21. The second-order valence-corrected chi connectivity index (χ2v) is 5.98. The van der Waals surface area contributed by atoms with Gasteiger partial charge in [0.05, 0.1) is 5.69 Å². The minimum atomic E-state index is -0.463. The lowest BCUT2D eigenvalue weighted by molar-refractivity contribution is -0.131. The van der Waals surface area contributed by atoms with E-state index in [0.717, 1.165) is 31.5 Å². The van der Waals surface area contributed by atoms with E-state index in [0.29, 0.717) is 5.69 Å². The zero-order chi connectivity index (χ0) is 16.1. The molecule has 1 atom stereocenters. The Hall–Kier alpha value is -2.23. The molecule has 0 bridgehead atoms. The molecule has 4 heteroatoms. The molecule has 120 valence electrons. The Morgan fingerprint density at radius 3 is 2.30 bits per heavy atom. The fraction of sp³-hybridized carbons (Fsp3) is 0.368. The highest BCUT2D eigenvalue weighted by Crippen LogP contribution is 2.27. The summed E-state index contributed by atoms with van der Waals surface area (Å²) in [6.45, 7) is 1.59. The van der Waals surface area contributed by atoms with Crippen LogP contribution in [0.1, 0.15) is 42.9 Å². The van der Waals surface area contributed by atoms with Gasteiger partial charge in [-0.1, -0.05) is 31.0 Å². The molecule has 1 saturated heterocycles. The summed E-state index contributed by atoms with van der Waals surface area (Å²) in [5.41, 5.74) is 1.51. The molecular formula is C19H21FN2O. The molecule has 1 unspecified atom stereocenters. The lowest BCUT2D eigenvalue weighted by Crippen LogP contribution is -2.36. The van der Waals surface area contributed by atoms with Crippen molar-refractivity contribution in [2.24, 2.45) is 0 Å². The van der Waals surface area contributed by atoms with Crippen LogP contribution < -0.4 is 0 Å². The molecular weight excluding hydrogens is 291 g/mol. The molecule has 23 heavy (non-hydrogen) atoms. The van der Waals surface area contributed by atoms with Gasteiger partial charge in [0.1, 0.15) is 11.7 Å². The highest BCUT2D eigenvalue weighted by atomic mass is 19.1. The van der Waals surface area contributed by atoms with Crippen molar-refractivity contribution in [2.75, 3.05) is 13.1 Å². The van der Waals surface area contributed by atoms with Crippen molar-refractivity contribution in [3.05, 3.63) is 65.7 Å². The maximum atomic E-state index is 13.3. The minimum absolute atomic E-state index is 0.0669. The van der Waals surface area contributed by atoms with E-state index in [-0.39, 0.29) is 11.7 Å². The van der Waals surface area contributed by atoms with Crippen LogP contribution in [0.15, 0.2) is 48.7 Å². The van der Waals surface area contributed by atoms with Crippen LogP contribution >= 0.6 is 0 Å². The van der Waals surface area contributed by atoms with Crippen molar-refractivity contribution in [1.82, 2.24) is 9.88 Å². The lowest BCUT2D eigenvalue weighted by Gasteiger charge is -2.26. The molecule has 1 aromatic carbocycles. The number of amides is 1. The Balaban J connectivity index is 1.94. The zero-order valence-corrected chi connectivity index (χ0v) is 13.1. The molecule has 1 fully saturated rings. The van der Waals surface area contributed by atoms with Crippen LogP contribution in [0, 0.1) is 5.82 Å². The number of likely N-dealkylation sites (tertiary alicyclic amines) is 1. The van der Waals surface area contributed by atoms with Gasteiger partial charge in [-0.25, -0.2) is 4.39 Å². The maximum Gasteiger partial charge on any atom is 0.236 e. The van der Waals surface area contributed by atoms with Crippen LogP contribution in [0.25, 0.3) is 0 Å². The van der Waals surface area contributed by atoms with Gasteiger partial charge in [0, 0.05) is 19.3 Å². The molecule has 0 spiro atoms. The summed E-state index contributed by atoms with van der Waals surface area (Å²) < 4.78 is 13.3. The van der Waals surface area contributed by atoms with Crippen LogP contribution in [0.4, 0.5) is 4.39 Å². The highest BCUT2D eigenvalue weighted by Gasteiger charge is 2.28. The number of hydrogen-bond donors (Lipinski definition) is 0. The molecule has 0 aliphatic carbocycles.